The van der Waals surface area contributed by atoms with Crippen molar-refractivity contribution in [2.75, 3.05) is 45.1 Å². The Labute approximate surface area is 132 Å². The van der Waals surface area contributed by atoms with E-state index in [1.807, 2.05) is 6.92 Å². The molecule has 0 spiro atoms. The van der Waals surface area contributed by atoms with Crippen LogP contribution in [0.5, 0.6) is 0 Å². The molecule has 2 heterocycles. The monoisotopic (exact) mass is 309 g/mol. The summed E-state index contributed by atoms with van der Waals surface area (Å²) in [5.74, 6) is -0.00657. The number of hydrogen-bond acceptors (Lipinski definition) is 5. The van der Waals surface area contributed by atoms with Crippen LogP contribution in [-0.4, -0.2) is 65.1 Å². The molecule has 0 saturated carbocycles. The minimum Gasteiger partial charge on any atom is -0.363 e. The van der Waals surface area contributed by atoms with Crippen LogP contribution in [0.2, 0.25) is 0 Å². The average Bonchev–Trinajstić information content (AvgIpc) is 2.49. The van der Waals surface area contributed by atoms with Gasteiger partial charge in [0.1, 0.15) is 6.33 Å². The number of aryl methyl sites for hydroxylation is 1. The maximum Gasteiger partial charge on any atom is 0.186 e. The van der Waals surface area contributed by atoms with Gasteiger partial charge in [-0.15, -0.1) is 0 Å². The summed E-state index contributed by atoms with van der Waals surface area (Å²) in [6.45, 7) is 11.5. The van der Waals surface area contributed by atoms with Gasteiger partial charge in [-0.2, -0.15) is 0 Å². The highest BCUT2D eigenvalue weighted by atomic mass is 19.1. The van der Waals surface area contributed by atoms with Crippen molar-refractivity contribution >= 4 is 5.82 Å². The Hall–Kier alpha value is -1.27. The van der Waals surface area contributed by atoms with E-state index in [1.165, 1.54) is 6.33 Å². The van der Waals surface area contributed by atoms with Gasteiger partial charge in [-0.3, -0.25) is 0 Å². The van der Waals surface area contributed by atoms with E-state index in [-0.39, 0.29) is 11.4 Å². The zero-order valence-electron chi connectivity index (χ0n) is 14.2. The number of rotatable bonds is 6. The lowest BCUT2D eigenvalue weighted by atomic mass is 10.00. The van der Waals surface area contributed by atoms with Gasteiger partial charge in [0, 0.05) is 38.3 Å². The molecule has 0 aromatic carbocycles. The molecule has 0 unspecified atom stereocenters. The molecule has 0 bridgehead atoms. The summed E-state index contributed by atoms with van der Waals surface area (Å²) in [7, 11) is 2.16. The van der Waals surface area contributed by atoms with Gasteiger partial charge in [-0.1, -0.05) is 6.92 Å². The molecule has 1 aromatic heterocycles. The van der Waals surface area contributed by atoms with Crippen molar-refractivity contribution in [3.8, 4) is 0 Å². The van der Waals surface area contributed by atoms with Crippen molar-refractivity contribution in [2.45, 2.75) is 39.2 Å². The van der Waals surface area contributed by atoms with Crippen LogP contribution in [0.15, 0.2) is 6.33 Å². The predicted molar refractivity (Wildman–Crippen MR) is 87.6 cm³/mol. The molecule has 1 N–H and O–H groups in total. The summed E-state index contributed by atoms with van der Waals surface area (Å²) in [5, 5.41) is 3.25. The Morgan fingerprint density at radius 2 is 1.91 bits per heavy atom. The van der Waals surface area contributed by atoms with Crippen molar-refractivity contribution in [3.63, 3.8) is 0 Å². The Kier molecular flexibility index (Phi) is 5.69. The lowest BCUT2D eigenvalue weighted by molar-refractivity contribution is 0.147. The zero-order chi connectivity index (χ0) is 16.2. The number of anilines is 1. The molecular weight excluding hydrogens is 281 g/mol. The van der Waals surface area contributed by atoms with Crippen molar-refractivity contribution in [2.24, 2.45) is 0 Å². The van der Waals surface area contributed by atoms with E-state index >= 15 is 0 Å². The largest absolute Gasteiger partial charge is 0.363 e. The van der Waals surface area contributed by atoms with Gasteiger partial charge < -0.3 is 15.1 Å². The number of piperazine rings is 1. The molecule has 5 nitrogen and oxygen atoms in total. The lowest BCUT2D eigenvalue weighted by Gasteiger charge is -2.35. The molecular formula is C16H28FN5. The highest BCUT2D eigenvalue weighted by Crippen LogP contribution is 2.21. The van der Waals surface area contributed by atoms with E-state index in [2.05, 4.69) is 46.0 Å². The topological polar surface area (TPSA) is 44.3 Å². The van der Waals surface area contributed by atoms with Crippen molar-refractivity contribution in [1.82, 2.24) is 19.8 Å². The summed E-state index contributed by atoms with van der Waals surface area (Å²) in [6, 6.07) is 0. The van der Waals surface area contributed by atoms with Gasteiger partial charge in [0.15, 0.2) is 11.6 Å². The summed E-state index contributed by atoms with van der Waals surface area (Å²) < 4.78 is 14.2. The number of halogens is 1. The van der Waals surface area contributed by atoms with Crippen LogP contribution in [0.3, 0.4) is 0 Å². The number of nitrogens with one attached hydrogen (secondary N) is 1. The Bertz CT molecular complexity index is 483. The quantitative estimate of drug-likeness (QED) is 0.871. The maximum atomic E-state index is 14.2. The molecule has 1 fully saturated rings. The van der Waals surface area contributed by atoms with E-state index in [4.69, 9.17) is 0 Å². The first-order chi connectivity index (χ1) is 10.4. The van der Waals surface area contributed by atoms with E-state index in [0.717, 1.165) is 39.1 Å². The van der Waals surface area contributed by atoms with Gasteiger partial charge in [-0.25, -0.2) is 14.4 Å². The smallest absolute Gasteiger partial charge is 0.186 e. The second kappa shape index (κ2) is 7.33. The summed E-state index contributed by atoms with van der Waals surface area (Å²) in [5.41, 5.74) is 0.260. The van der Waals surface area contributed by atoms with Crippen LogP contribution in [0.25, 0.3) is 0 Å². The zero-order valence-corrected chi connectivity index (χ0v) is 14.2. The van der Waals surface area contributed by atoms with E-state index in [0.29, 0.717) is 17.9 Å². The number of hydrogen-bond donors (Lipinski definition) is 1. The average molecular weight is 309 g/mol. The minimum absolute atomic E-state index is 0.205. The van der Waals surface area contributed by atoms with Crippen LogP contribution < -0.4 is 5.32 Å². The first-order valence-electron chi connectivity index (χ1n) is 8.10. The predicted octanol–water partition coefficient (Wildman–Crippen LogP) is 2.01. The molecule has 1 saturated heterocycles. The van der Waals surface area contributed by atoms with Gasteiger partial charge in [0.2, 0.25) is 0 Å². The summed E-state index contributed by atoms with van der Waals surface area (Å²) in [6.07, 6.45) is 2.95. The van der Waals surface area contributed by atoms with Crippen LogP contribution in [0, 0.1) is 5.82 Å². The molecule has 1 aliphatic rings. The van der Waals surface area contributed by atoms with Crippen LogP contribution in [0.1, 0.15) is 32.9 Å². The fraction of sp³-hybridized carbons (Fsp3) is 0.750. The normalized spacial score (nSPS) is 17.7. The van der Waals surface area contributed by atoms with Crippen LogP contribution in [-0.2, 0) is 6.42 Å². The van der Waals surface area contributed by atoms with Gasteiger partial charge in [0.05, 0.1) is 5.69 Å². The fourth-order valence-electron chi connectivity index (χ4n) is 2.63. The molecule has 6 heteroatoms. The SMILES string of the molecule is CCc1ncnc(NC(C)(C)CCN2CCN(C)CC2)c1F. The molecule has 124 valence electrons. The maximum absolute atomic E-state index is 14.2. The van der Waals surface area contributed by atoms with E-state index in [1.54, 1.807) is 0 Å². The molecule has 0 radical (unpaired) electrons. The number of aromatic nitrogens is 2. The van der Waals surface area contributed by atoms with Crippen molar-refractivity contribution in [3.05, 3.63) is 17.8 Å². The molecule has 2 rings (SSSR count). The highest BCUT2D eigenvalue weighted by Gasteiger charge is 2.23. The molecule has 0 amide bonds. The first kappa shape index (κ1) is 17.1. The first-order valence-corrected chi connectivity index (χ1v) is 8.10. The van der Waals surface area contributed by atoms with Crippen LogP contribution in [0.4, 0.5) is 10.2 Å². The van der Waals surface area contributed by atoms with E-state index < -0.39 is 0 Å². The molecule has 22 heavy (non-hydrogen) atoms. The van der Waals surface area contributed by atoms with Crippen molar-refractivity contribution < 1.29 is 4.39 Å². The molecule has 0 atom stereocenters. The van der Waals surface area contributed by atoms with Crippen LogP contribution >= 0.6 is 0 Å². The molecule has 0 aliphatic carbocycles. The summed E-state index contributed by atoms with van der Waals surface area (Å²) >= 11 is 0. The van der Waals surface area contributed by atoms with Gasteiger partial charge in [0.25, 0.3) is 0 Å². The standard InChI is InChI=1S/C16H28FN5/c1-5-13-14(17)15(19-12-18-13)20-16(2,3)6-7-22-10-8-21(4)9-11-22/h12H,5-11H2,1-4H3,(H,18,19,20). The highest BCUT2D eigenvalue weighted by molar-refractivity contribution is 5.39. The lowest BCUT2D eigenvalue weighted by Crippen LogP contribution is -2.46. The van der Waals surface area contributed by atoms with Gasteiger partial charge in [-0.05, 0) is 33.7 Å². The third-order valence-electron chi connectivity index (χ3n) is 4.30. The third-order valence-corrected chi connectivity index (χ3v) is 4.30. The molecule has 1 aliphatic heterocycles. The fourth-order valence-corrected chi connectivity index (χ4v) is 2.63. The summed E-state index contributed by atoms with van der Waals surface area (Å²) in [4.78, 5) is 12.9. The van der Waals surface area contributed by atoms with Gasteiger partial charge >= 0.3 is 0 Å². The third kappa shape index (κ3) is 4.61. The number of likely N-dealkylation sites (N-methyl/N-ethyl adjacent to an activating group) is 1. The molecule has 1 aromatic rings. The minimum atomic E-state index is -0.322. The Balaban J connectivity index is 1.90. The number of nitrogens with zero attached hydrogens (tertiary/aromatic N) is 4. The second-order valence-electron chi connectivity index (χ2n) is 6.74. The second-order valence-corrected chi connectivity index (χ2v) is 6.74. The van der Waals surface area contributed by atoms with E-state index in [9.17, 15) is 4.39 Å². The Morgan fingerprint density at radius 3 is 2.55 bits per heavy atom. The van der Waals surface area contributed by atoms with Crippen molar-refractivity contribution in [1.29, 1.82) is 0 Å². The Morgan fingerprint density at radius 1 is 1.23 bits per heavy atom.